The number of aromatic nitrogens is 5. The minimum absolute atomic E-state index is 0.345. The van der Waals surface area contributed by atoms with E-state index in [0.717, 1.165) is 30.3 Å². The zero-order valence-electron chi connectivity index (χ0n) is 18.2. The highest BCUT2D eigenvalue weighted by atomic mass is 35.5. The minimum atomic E-state index is -0.426. The molecule has 1 aliphatic heterocycles. The third-order valence-electron chi connectivity index (χ3n) is 5.21. The Balaban J connectivity index is 0.000000354. The van der Waals surface area contributed by atoms with E-state index in [1.807, 2.05) is 39.2 Å². The number of nitrogens with zero attached hydrogens (tertiary/aromatic N) is 6. The second kappa shape index (κ2) is 9.58. The van der Waals surface area contributed by atoms with Crippen molar-refractivity contribution in [1.29, 1.82) is 0 Å². The number of halogens is 2. The molecule has 4 heterocycles. The van der Waals surface area contributed by atoms with Crippen LogP contribution in [0.25, 0.3) is 22.3 Å². The molecule has 32 heavy (non-hydrogen) atoms. The van der Waals surface area contributed by atoms with Gasteiger partial charge in [-0.2, -0.15) is 5.10 Å². The molecule has 0 spiro atoms. The molecule has 0 amide bonds. The Morgan fingerprint density at radius 3 is 2.41 bits per heavy atom. The number of ether oxygens (including phenoxy) is 1. The minimum Gasteiger partial charge on any atom is -0.378 e. The van der Waals surface area contributed by atoms with E-state index in [1.165, 1.54) is 6.07 Å². The van der Waals surface area contributed by atoms with Gasteiger partial charge >= 0.3 is 0 Å². The Kier molecular flexibility index (Phi) is 6.62. The van der Waals surface area contributed by atoms with Crippen molar-refractivity contribution in [3.8, 4) is 11.3 Å². The number of hydrogen-bond donors (Lipinski definition) is 0. The molecule has 0 saturated carbocycles. The third-order valence-corrected chi connectivity index (χ3v) is 5.44. The molecule has 0 atom stereocenters. The first-order valence-electron chi connectivity index (χ1n) is 10.3. The van der Waals surface area contributed by atoms with Crippen LogP contribution in [0.15, 0.2) is 42.7 Å². The van der Waals surface area contributed by atoms with Gasteiger partial charge in [0.1, 0.15) is 22.8 Å². The zero-order valence-corrected chi connectivity index (χ0v) is 19.0. The molecule has 0 N–H and O–H groups in total. The molecule has 1 aromatic carbocycles. The summed E-state index contributed by atoms with van der Waals surface area (Å²) in [7, 11) is 1.89. The second-order valence-electron chi connectivity index (χ2n) is 7.49. The number of anilines is 1. The summed E-state index contributed by atoms with van der Waals surface area (Å²) in [5.41, 5.74) is 3.79. The van der Waals surface area contributed by atoms with Crippen molar-refractivity contribution in [3.05, 3.63) is 65.0 Å². The Morgan fingerprint density at radius 1 is 1.03 bits per heavy atom. The van der Waals surface area contributed by atoms with Gasteiger partial charge in [-0.05, 0) is 38.1 Å². The molecule has 4 aromatic rings. The van der Waals surface area contributed by atoms with Crippen LogP contribution in [-0.2, 0) is 11.8 Å². The summed E-state index contributed by atoms with van der Waals surface area (Å²) in [5, 5.41) is 4.18. The number of benzene rings is 1. The quantitative estimate of drug-likeness (QED) is 0.448. The van der Waals surface area contributed by atoms with Gasteiger partial charge in [0.25, 0.3) is 0 Å². The van der Waals surface area contributed by atoms with Crippen molar-refractivity contribution in [2.75, 3.05) is 31.2 Å². The van der Waals surface area contributed by atoms with Crippen LogP contribution in [0, 0.1) is 19.7 Å². The fourth-order valence-corrected chi connectivity index (χ4v) is 3.55. The molecule has 0 aliphatic carbocycles. The first-order valence-corrected chi connectivity index (χ1v) is 10.7. The van der Waals surface area contributed by atoms with E-state index >= 15 is 0 Å². The number of morpholine rings is 1. The van der Waals surface area contributed by atoms with Crippen LogP contribution in [0.4, 0.5) is 10.2 Å². The number of rotatable bonds is 2. The van der Waals surface area contributed by atoms with Gasteiger partial charge in [0.05, 0.1) is 30.1 Å². The lowest BCUT2D eigenvalue weighted by Crippen LogP contribution is -2.36. The van der Waals surface area contributed by atoms with Gasteiger partial charge in [-0.1, -0.05) is 11.6 Å². The summed E-state index contributed by atoms with van der Waals surface area (Å²) in [5.74, 6) is 0.327. The van der Waals surface area contributed by atoms with E-state index in [2.05, 4.69) is 20.0 Å². The van der Waals surface area contributed by atoms with E-state index in [0.29, 0.717) is 40.5 Å². The van der Waals surface area contributed by atoms with Crippen molar-refractivity contribution in [1.82, 2.24) is 24.7 Å². The first kappa shape index (κ1) is 22.1. The van der Waals surface area contributed by atoms with Gasteiger partial charge in [-0.3, -0.25) is 4.68 Å². The summed E-state index contributed by atoms with van der Waals surface area (Å²) in [6.07, 6.45) is 3.64. The summed E-state index contributed by atoms with van der Waals surface area (Å²) in [4.78, 5) is 16.2. The summed E-state index contributed by atoms with van der Waals surface area (Å²) in [6, 6.07) is 8.39. The molecule has 9 heteroatoms. The molecular weight excluding hydrogens is 431 g/mol. The van der Waals surface area contributed by atoms with Gasteiger partial charge in [-0.15, -0.1) is 0 Å². The van der Waals surface area contributed by atoms with Crippen molar-refractivity contribution < 1.29 is 9.13 Å². The highest BCUT2D eigenvalue weighted by molar-refractivity contribution is 6.30. The Hall–Kier alpha value is -3.10. The zero-order chi connectivity index (χ0) is 22.7. The largest absolute Gasteiger partial charge is 0.378 e. The van der Waals surface area contributed by atoms with Crippen LogP contribution in [0.5, 0.6) is 0 Å². The lowest BCUT2D eigenvalue weighted by atomic mass is 10.1. The topological polar surface area (TPSA) is 69.0 Å². The maximum atomic E-state index is 14.6. The van der Waals surface area contributed by atoms with Gasteiger partial charge in [0.15, 0.2) is 0 Å². The number of pyridine rings is 1. The highest BCUT2D eigenvalue weighted by Gasteiger charge is 2.19. The standard InChI is InChI=1S/C19H18ClFN4O.C4H6N2/c1-11-12(2)23-19-16(22-11)10-17(25-5-7-26-8-6-25)24-18(19)14-4-3-13(20)9-15(14)21;1-6-4-2-3-5-6/h3-4,9-10H,5-8H2,1-2H3;2-4H,1H3. The van der Waals surface area contributed by atoms with E-state index < -0.39 is 5.82 Å². The van der Waals surface area contributed by atoms with Crippen LogP contribution in [0.1, 0.15) is 11.4 Å². The lowest BCUT2D eigenvalue weighted by Gasteiger charge is -2.28. The van der Waals surface area contributed by atoms with E-state index in [-0.39, 0.29) is 0 Å². The second-order valence-corrected chi connectivity index (χ2v) is 7.93. The fraction of sp³-hybridized carbons (Fsp3) is 0.304. The summed E-state index contributed by atoms with van der Waals surface area (Å²) >= 11 is 5.91. The maximum Gasteiger partial charge on any atom is 0.134 e. The van der Waals surface area contributed by atoms with Crippen LogP contribution < -0.4 is 4.90 Å². The molecule has 1 fully saturated rings. The molecule has 1 aliphatic rings. The molecule has 166 valence electrons. The van der Waals surface area contributed by atoms with Crippen molar-refractivity contribution >= 4 is 28.5 Å². The highest BCUT2D eigenvalue weighted by Crippen LogP contribution is 2.32. The number of aryl methyl sites for hydroxylation is 3. The van der Waals surface area contributed by atoms with Crippen LogP contribution >= 0.6 is 11.6 Å². The number of fused-ring (bicyclic) bond motifs is 1. The first-order chi connectivity index (χ1) is 15.4. The molecule has 0 radical (unpaired) electrons. The molecule has 7 nitrogen and oxygen atoms in total. The molecule has 0 unspecified atom stereocenters. The lowest BCUT2D eigenvalue weighted by molar-refractivity contribution is 0.122. The van der Waals surface area contributed by atoms with E-state index in [9.17, 15) is 4.39 Å². The summed E-state index contributed by atoms with van der Waals surface area (Å²) < 4.78 is 21.8. The van der Waals surface area contributed by atoms with Crippen molar-refractivity contribution in [3.63, 3.8) is 0 Å². The van der Waals surface area contributed by atoms with Crippen LogP contribution in [0.2, 0.25) is 5.02 Å². The van der Waals surface area contributed by atoms with Crippen LogP contribution in [-0.4, -0.2) is 51.0 Å². The van der Waals surface area contributed by atoms with Crippen molar-refractivity contribution in [2.45, 2.75) is 13.8 Å². The Labute approximate surface area is 190 Å². The molecule has 3 aromatic heterocycles. The normalized spacial score (nSPS) is 13.7. The monoisotopic (exact) mass is 454 g/mol. The predicted octanol–water partition coefficient (Wildman–Crippen LogP) is 4.36. The molecular formula is C23H24ClFN6O. The average molecular weight is 455 g/mol. The SMILES string of the molecule is Cc1nc2cc(N3CCOCC3)nc(-c3ccc(Cl)cc3F)c2nc1C.Cn1cccn1. The van der Waals surface area contributed by atoms with E-state index in [4.69, 9.17) is 21.3 Å². The van der Waals surface area contributed by atoms with Gasteiger partial charge in [0.2, 0.25) is 0 Å². The fourth-order valence-electron chi connectivity index (χ4n) is 3.39. The molecule has 5 rings (SSSR count). The predicted molar refractivity (Wildman–Crippen MR) is 123 cm³/mol. The summed E-state index contributed by atoms with van der Waals surface area (Å²) in [6.45, 7) is 6.56. The van der Waals surface area contributed by atoms with E-state index in [1.54, 1.807) is 23.0 Å². The van der Waals surface area contributed by atoms with Crippen molar-refractivity contribution in [2.24, 2.45) is 7.05 Å². The van der Waals surface area contributed by atoms with Crippen LogP contribution in [0.3, 0.4) is 0 Å². The Bertz CT molecular complexity index is 1230. The number of hydrogen-bond acceptors (Lipinski definition) is 6. The average Bonchev–Trinajstić information content (AvgIpc) is 3.26. The van der Waals surface area contributed by atoms with Gasteiger partial charge < -0.3 is 9.64 Å². The van der Waals surface area contributed by atoms with Gasteiger partial charge in [-0.25, -0.2) is 19.3 Å². The van der Waals surface area contributed by atoms with Gasteiger partial charge in [0, 0.05) is 49.2 Å². The third kappa shape index (κ3) is 4.87. The molecule has 1 saturated heterocycles. The smallest absolute Gasteiger partial charge is 0.134 e. The maximum absolute atomic E-state index is 14.6. The Morgan fingerprint density at radius 2 is 1.78 bits per heavy atom. The molecule has 0 bridgehead atoms.